The lowest BCUT2D eigenvalue weighted by molar-refractivity contribution is -0.116. The van der Waals surface area contributed by atoms with Gasteiger partial charge in [-0.1, -0.05) is 6.07 Å². The Morgan fingerprint density at radius 2 is 2.22 bits per heavy atom. The van der Waals surface area contributed by atoms with Crippen molar-refractivity contribution in [1.82, 2.24) is 10.2 Å². The second-order valence-corrected chi connectivity index (χ2v) is 7.48. The molecule has 1 atom stereocenters. The topological polar surface area (TPSA) is 45.5 Å². The van der Waals surface area contributed by atoms with Crippen LogP contribution in [0.5, 0.6) is 0 Å². The van der Waals surface area contributed by atoms with Gasteiger partial charge >= 0.3 is 0 Å². The number of carbonyl (C=O) groups is 1. The molecule has 1 N–H and O–H groups in total. The quantitative estimate of drug-likeness (QED) is 0.814. The maximum atomic E-state index is 12.0. The fourth-order valence-corrected chi connectivity index (χ4v) is 4.13. The molecule has 2 aromatic heterocycles. The van der Waals surface area contributed by atoms with Crippen LogP contribution >= 0.6 is 23.1 Å². The van der Waals surface area contributed by atoms with E-state index in [0.717, 1.165) is 35.2 Å². The van der Waals surface area contributed by atoms with Gasteiger partial charge in [-0.05, 0) is 29.7 Å². The standard InChI is InChI=1S/C17H20N2O2S2/c20-17(6-5-14-3-2-10-23-14)18-13-15(16-4-1-9-21-16)19-7-11-22-12-8-19/h1-6,9-10,15H,7-8,11-13H2,(H,18,20)/b6-5+. The van der Waals surface area contributed by atoms with E-state index < -0.39 is 0 Å². The van der Waals surface area contributed by atoms with E-state index in [9.17, 15) is 4.79 Å². The van der Waals surface area contributed by atoms with E-state index in [4.69, 9.17) is 4.42 Å². The van der Waals surface area contributed by atoms with Gasteiger partial charge in [0.1, 0.15) is 5.76 Å². The van der Waals surface area contributed by atoms with E-state index in [1.165, 1.54) is 0 Å². The number of amides is 1. The van der Waals surface area contributed by atoms with E-state index >= 15 is 0 Å². The van der Waals surface area contributed by atoms with Gasteiger partial charge in [0.05, 0.1) is 12.3 Å². The molecule has 0 spiro atoms. The van der Waals surface area contributed by atoms with Crippen molar-refractivity contribution in [2.45, 2.75) is 6.04 Å². The molecule has 0 bridgehead atoms. The summed E-state index contributed by atoms with van der Waals surface area (Å²) in [5.41, 5.74) is 0. The minimum Gasteiger partial charge on any atom is -0.468 e. The van der Waals surface area contributed by atoms with Crippen LogP contribution in [0.1, 0.15) is 16.7 Å². The van der Waals surface area contributed by atoms with Crippen LogP contribution in [0.4, 0.5) is 0 Å². The van der Waals surface area contributed by atoms with Gasteiger partial charge in [-0.15, -0.1) is 11.3 Å². The summed E-state index contributed by atoms with van der Waals surface area (Å²) < 4.78 is 5.58. The molecule has 1 amide bonds. The molecule has 0 saturated carbocycles. The van der Waals surface area contributed by atoms with Crippen molar-refractivity contribution in [3.63, 3.8) is 0 Å². The zero-order valence-corrected chi connectivity index (χ0v) is 14.4. The first-order chi connectivity index (χ1) is 11.3. The summed E-state index contributed by atoms with van der Waals surface area (Å²) in [6.45, 7) is 2.61. The van der Waals surface area contributed by atoms with E-state index in [1.54, 1.807) is 23.7 Å². The molecule has 0 radical (unpaired) electrons. The van der Waals surface area contributed by atoms with Crippen LogP contribution in [0.25, 0.3) is 6.08 Å². The predicted octanol–water partition coefficient (Wildman–Crippen LogP) is 3.26. The van der Waals surface area contributed by atoms with Crippen molar-refractivity contribution in [3.8, 4) is 0 Å². The lowest BCUT2D eigenvalue weighted by atomic mass is 10.2. The number of rotatable bonds is 6. The zero-order chi connectivity index (χ0) is 15.9. The number of carbonyl (C=O) groups excluding carboxylic acids is 1. The van der Waals surface area contributed by atoms with E-state index in [2.05, 4.69) is 10.2 Å². The van der Waals surface area contributed by atoms with Crippen LogP contribution in [-0.4, -0.2) is 41.9 Å². The Bertz CT molecular complexity index is 617. The van der Waals surface area contributed by atoms with Gasteiger partial charge in [0, 0.05) is 42.1 Å². The third kappa shape index (κ3) is 4.73. The van der Waals surface area contributed by atoms with Crippen LogP contribution in [0.15, 0.2) is 46.4 Å². The van der Waals surface area contributed by atoms with Gasteiger partial charge in [0.25, 0.3) is 0 Å². The number of furan rings is 1. The van der Waals surface area contributed by atoms with Crippen molar-refractivity contribution in [2.24, 2.45) is 0 Å². The average molecular weight is 348 g/mol. The molecule has 1 unspecified atom stereocenters. The lowest BCUT2D eigenvalue weighted by Gasteiger charge is -2.33. The first-order valence-electron chi connectivity index (χ1n) is 7.67. The first kappa shape index (κ1) is 16.4. The van der Waals surface area contributed by atoms with Gasteiger partial charge in [0.15, 0.2) is 0 Å². The van der Waals surface area contributed by atoms with Crippen LogP contribution in [0, 0.1) is 0 Å². The monoisotopic (exact) mass is 348 g/mol. The summed E-state index contributed by atoms with van der Waals surface area (Å²) in [4.78, 5) is 15.5. The van der Waals surface area contributed by atoms with E-state index in [-0.39, 0.29) is 11.9 Å². The Kier molecular flexibility index (Phi) is 5.96. The predicted molar refractivity (Wildman–Crippen MR) is 96.7 cm³/mol. The number of thioether (sulfide) groups is 1. The molecule has 1 aliphatic rings. The molecular formula is C17H20N2O2S2. The number of hydrogen-bond acceptors (Lipinski definition) is 5. The van der Waals surface area contributed by atoms with Gasteiger partial charge in [-0.3, -0.25) is 9.69 Å². The van der Waals surface area contributed by atoms with E-state index in [1.807, 2.05) is 47.5 Å². The number of hydrogen-bond donors (Lipinski definition) is 1. The minimum absolute atomic E-state index is 0.0682. The van der Waals surface area contributed by atoms with Gasteiger partial charge in [-0.2, -0.15) is 11.8 Å². The molecule has 6 heteroatoms. The van der Waals surface area contributed by atoms with Crippen LogP contribution in [0.3, 0.4) is 0 Å². The molecular weight excluding hydrogens is 328 g/mol. The number of thiophene rings is 1. The normalized spacial score (nSPS) is 17.4. The number of nitrogens with zero attached hydrogens (tertiary/aromatic N) is 1. The minimum atomic E-state index is -0.0682. The van der Waals surface area contributed by atoms with Gasteiger partial charge < -0.3 is 9.73 Å². The summed E-state index contributed by atoms with van der Waals surface area (Å²) >= 11 is 3.59. The zero-order valence-electron chi connectivity index (χ0n) is 12.8. The van der Waals surface area contributed by atoms with Crippen LogP contribution in [-0.2, 0) is 4.79 Å². The highest BCUT2D eigenvalue weighted by atomic mass is 32.2. The Hall–Kier alpha value is -1.50. The molecule has 2 aromatic rings. The second kappa shape index (κ2) is 8.38. The maximum absolute atomic E-state index is 12.0. The second-order valence-electron chi connectivity index (χ2n) is 5.27. The average Bonchev–Trinajstić information content (AvgIpc) is 3.28. The first-order valence-corrected chi connectivity index (χ1v) is 9.71. The van der Waals surface area contributed by atoms with Crippen LogP contribution < -0.4 is 5.32 Å². The summed E-state index contributed by atoms with van der Waals surface area (Å²) in [5, 5.41) is 5.00. The van der Waals surface area contributed by atoms with Crippen molar-refractivity contribution in [3.05, 3.63) is 52.6 Å². The maximum Gasteiger partial charge on any atom is 0.244 e. The largest absolute Gasteiger partial charge is 0.468 e. The van der Waals surface area contributed by atoms with Crippen molar-refractivity contribution < 1.29 is 9.21 Å². The summed E-state index contributed by atoms with van der Waals surface area (Å²) in [6, 6.07) is 7.96. The molecule has 3 heterocycles. The third-order valence-electron chi connectivity index (χ3n) is 3.77. The lowest BCUT2D eigenvalue weighted by Crippen LogP contribution is -2.41. The Labute approximate surface area is 144 Å². The fraction of sp³-hybridized carbons (Fsp3) is 0.353. The van der Waals surface area contributed by atoms with Crippen molar-refractivity contribution in [2.75, 3.05) is 31.1 Å². The fourth-order valence-electron chi connectivity index (χ4n) is 2.58. The van der Waals surface area contributed by atoms with Crippen LogP contribution in [0.2, 0.25) is 0 Å². The van der Waals surface area contributed by atoms with Gasteiger partial charge in [0.2, 0.25) is 5.91 Å². The highest BCUT2D eigenvalue weighted by Crippen LogP contribution is 2.24. The molecule has 23 heavy (non-hydrogen) atoms. The SMILES string of the molecule is O=C(/C=C/c1cccs1)NCC(c1ccco1)N1CCSCC1. The molecule has 3 rings (SSSR count). The Morgan fingerprint density at radius 1 is 1.35 bits per heavy atom. The molecule has 1 aliphatic heterocycles. The summed E-state index contributed by atoms with van der Waals surface area (Å²) in [5.74, 6) is 3.10. The highest BCUT2D eigenvalue weighted by Gasteiger charge is 2.24. The van der Waals surface area contributed by atoms with Gasteiger partial charge in [-0.25, -0.2) is 0 Å². The highest BCUT2D eigenvalue weighted by molar-refractivity contribution is 7.99. The Balaban J connectivity index is 1.58. The van der Waals surface area contributed by atoms with E-state index in [0.29, 0.717) is 6.54 Å². The summed E-state index contributed by atoms with van der Waals surface area (Å²) in [7, 11) is 0. The summed E-state index contributed by atoms with van der Waals surface area (Å²) in [6.07, 6.45) is 5.13. The number of nitrogens with one attached hydrogen (secondary N) is 1. The smallest absolute Gasteiger partial charge is 0.244 e. The molecule has 0 aromatic carbocycles. The van der Waals surface area contributed by atoms with Crippen molar-refractivity contribution >= 4 is 35.1 Å². The molecule has 1 fully saturated rings. The molecule has 1 saturated heterocycles. The third-order valence-corrected chi connectivity index (χ3v) is 5.55. The molecule has 0 aliphatic carbocycles. The molecule has 4 nitrogen and oxygen atoms in total. The Morgan fingerprint density at radius 3 is 2.91 bits per heavy atom. The molecule has 122 valence electrons. The van der Waals surface area contributed by atoms with Crippen molar-refractivity contribution in [1.29, 1.82) is 0 Å².